The van der Waals surface area contributed by atoms with Crippen molar-refractivity contribution in [3.8, 4) is 0 Å². The summed E-state index contributed by atoms with van der Waals surface area (Å²) < 4.78 is 0. The fraction of sp³-hybridized carbons (Fsp3) is 0.692. The van der Waals surface area contributed by atoms with Gasteiger partial charge in [0.1, 0.15) is 0 Å². The van der Waals surface area contributed by atoms with Crippen molar-refractivity contribution in [2.75, 3.05) is 0 Å². The van der Waals surface area contributed by atoms with Crippen molar-refractivity contribution in [1.82, 2.24) is 0 Å². The zero-order chi connectivity index (χ0) is 10.6. The molecule has 0 radical (unpaired) electrons. The summed E-state index contributed by atoms with van der Waals surface area (Å²) in [6.07, 6.45) is 6.03. The van der Waals surface area contributed by atoms with Gasteiger partial charge in [-0.1, -0.05) is 38.5 Å². The van der Waals surface area contributed by atoms with Gasteiger partial charge in [0.05, 0.1) is 6.10 Å². The second kappa shape index (κ2) is 2.73. The molecular formula is C13H20O. The Morgan fingerprint density at radius 3 is 2.57 bits per heavy atom. The molecule has 1 heteroatoms. The van der Waals surface area contributed by atoms with Crippen molar-refractivity contribution in [2.24, 2.45) is 16.7 Å². The van der Waals surface area contributed by atoms with Crippen molar-refractivity contribution < 1.29 is 5.11 Å². The number of hydrogen-bond donors (Lipinski definition) is 1. The summed E-state index contributed by atoms with van der Waals surface area (Å²) in [4.78, 5) is 0. The van der Waals surface area contributed by atoms with Crippen molar-refractivity contribution >= 4 is 0 Å². The normalized spacial score (nSPS) is 43.9. The van der Waals surface area contributed by atoms with Gasteiger partial charge < -0.3 is 5.11 Å². The molecule has 2 bridgehead atoms. The van der Waals surface area contributed by atoms with E-state index in [9.17, 15) is 5.11 Å². The summed E-state index contributed by atoms with van der Waals surface area (Å²) in [5.41, 5.74) is 1.68. The highest BCUT2D eigenvalue weighted by atomic mass is 16.3. The number of rotatable bonds is 2. The Morgan fingerprint density at radius 1 is 1.57 bits per heavy atom. The van der Waals surface area contributed by atoms with Crippen LogP contribution >= 0.6 is 0 Å². The minimum Gasteiger partial charge on any atom is -0.392 e. The molecule has 2 rings (SSSR count). The summed E-state index contributed by atoms with van der Waals surface area (Å²) in [5, 5.41) is 10.0. The second-order valence-corrected chi connectivity index (χ2v) is 5.52. The maximum absolute atomic E-state index is 10.0. The van der Waals surface area contributed by atoms with Gasteiger partial charge in [0.2, 0.25) is 0 Å². The SMILES string of the molecule is C=CCC1=C[C@]2(C)[C@H](O)C[C@H]1C2(C)C. The summed E-state index contributed by atoms with van der Waals surface area (Å²) >= 11 is 0. The number of fused-ring (bicyclic) bond motifs is 2. The van der Waals surface area contributed by atoms with Gasteiger partial charge >= 0.3 is 0 Å². The van der Waals surface area contributed by atoms with Crippen LogP contribution in [-0.4, -0.2) is 11.2 Å². The average molecular weight is 192 g/mol. The van der Waals surface area contributed by atoms with Crippen LogP contribution in [0, 0.1) is 16.7 Å². The smallest absolute Gasteiger partial charge is 0.0639 e. The van der Waals surface area contributed by atoms with Crippen LogP contribution < -0.4 is 0 Å². The lowest BCUT2D eigenvalue weighted by Gasteiger charge is -2.35. The summed E-state index contributed by atoms with van der Waals surface area (Å²) in [6, 6.07) is 0. The predicted octanol–water partition coefficient (Wildman–Crippen LogP) is 2.92. The largest absolute Gasteiger partial charge is 0.392 e. The molecule has 2 aliphatic rings. The van der Waals surface area contributed by atoms with E-state index in [1.54, 1.807) is 0 Å². The number of aliphatic hydroxyl groups excluding tert-OH is 1. The first-order chi connectivity index (χ1) is 6.43. The molecule has 1 nitrogen and oxygen atoms in total. The van der Waals surface area contributed by atoms with E-state index < -0.39 is 0 Å². The Labute approximate surface area is 86.5 Å². The number of aliphatic hydroxyl groups is 1. The van der Waals surface area contributed by atoms with E-state index in [-0.39, 0.29) is 16.9 Å². The Balaban J connectivity index is 2.40. The molecule has 78 valence electrons. The molecule has 3 atom stereocenters. The molecule has 0 aromatic heterocycles. The van der Waals surface area contributed by atoms with Crippen LogP contribution in [0.3, 0.4) is 0 Å². The Bertz CT molecular complexity index is 300. The van der Waals surface area contributed by atoms with E-state index in [0.717, 1.165) is 12.8 Å². The molecule has 0 amide bonds. The Kier molecular flexibility index (Phi) is 1.94. The number of hydrogen-bond acceptors (Lipinski definition) is 1. The molecule has 0 aliphatic heterocycles. The lowest BCUT2D eigenvalue weighted by molar-refractivity contribution is 0.0482. The maximum atomic E-state index is 10.0. The molecule has 14 heavy (non-hydrogen) atoms. The highest BCUT2D eigenvalue weighted by molar-refractivity contribution is 5.34. The first-order valence-corrected chi connectivity index (χ1v) is 5.44. The highest BCUT2D eigenvalue weighted by Gasteiger charge is 2.60. The number of allylic oxidation sites excluding steroid dienone is 2. The molecule has 0 saturated heterocycles. The molecule has 0 heterocycles. The van der Waals surface area contributed by atoms with Gasteiger partial charge in [0.25, 0.3) is 0 Å². The fourth-order valence-corrected chi connectivity index (χ4v) is 3.32. The highest BCUT2D eigenvalue weighted by Crippen LogP contribution is 2.64. The first-order valence-electron chi connectivity index (χ1n) is 5.44. The Morgan fingerprint density at radius 2 is 2.21 bits per heavy atom. The van der Waals surface area contributed by atoms with E-state index in [0.29, 0.717) is 5.92 Å². The molecule has 1 fully saturated rings. The standard InChI is InChI=1S/C13H20O/c1-5-6-9-8-13(4)11(14)7-10(9)12(13,2)3/h5,8,10-11,14H,1,6-7H2,2-4H3/t10-,11-,13-/m1/s1. The Hall–Kier alpha value is -0.560. The quantitative estimate of drug-likeness (QED) is 0.667. The topological polar surface area (TPSA) is 20.2 Å². The van der Waals surface area contributed by atoms with Gasteiger partial charge in [-0.2, -0.15) is 0 Å². The lowest BCUT2D eigenvalue weighted by Crippen LogP contribution is -2.34. The minimum atomic E-state index is -0.156. The molecule has 0 spiro atoms. The van der Waals surface area contributed by atoms with Crippen LogP contribution in [0.15, 0.2) is 24.3 Å². The van der Waals surface area contributed by atoms with Gasteiger partial charge in [-0.25, -0.2) is 0 Å². The van der Waals surface area contributed by atoms with E-state index >= 15 is 0 Å². The molecule has 1 N–H and O–H groups in total. The van der Waals surface area contributed by atoms with Crippen molar-refractivity contribution in [3.63, 3.8) is 0 Å². The third-order valence-electron chi connectivity index (χ3n) is 4.72. The third kappa shape index (κ3) is 0.939. The lowest BCUT2D eigenvalue weighted by atomic mass is 9.69. The monoisotopic (exact) mass is 192 g/mol. The predicted molar refractivity (Wildman–Crippen MR) is 58.9 cm³/mol. The molecular weight excluding hydrogens is 172 g/mol. The average Bonchev–Trinajstić information content (AvgIpc) is 2.36. The fourth-order valence-electron chi connectivity index (χ4n) is 3.32. The van der Waals surface area contributed by atoms with Gasteiger partial charge in [-0.3, -0.25) is 0 Å². The van der Waals surface area contributed by atoms with E-state index in [2.05, 4.69) is 33.4 Å². The van der Waals surface area contributed by atoms with Crippen LogP contribution in [0.4, 0.5) is 0 Å². The van der Waals surface area contributed by atoms with E-state index in [1.165, 1.54) is 5.57 Å². The van der Waals surface area contributed by atoms with Crippen molar-refractivity contribution in [1.29, 1.82) is 0 Å². The van der Waals surface area contributed by atoms with E-state index in [4.69, 9.17) is 0 Å². The zero-order valence-corrected chi connectivity index (χ0v) is 9.38. The molecule has 0 unspecified atom stereocenters. The van der Waals surface area contributed by atoms with Crippen molar-refractivity contribution in [2.45, 2.75) is 39.7 Å². The van der Waals surface area contributed by atoms with Gasteiger partial charge in [-0.15, -0.1) is 6.58 Å². The molecule has 0 aromatic rings. The first kappa shape index (κ1) is 9.97. The van der Waals surface area contributed by atoms with Crippen LogP contribution in [0.1, 0.15) is 33.6 Å². The summed E-state index contributed by atoms with van der Waals surface area (Å²) in [6.45, 7) is 10.5. The second-order valence-electron chi connectivity index (χ2n) is 5.52. The molecule has 1 saturated carbocycles. The van der Waals surface area contributed by atoms with Crippen molar-refractivity contribution in [3.05, 3.63) is 24.3 Å². The van der Waals surface area contributed by atoms with Gasteiger partial charge in [0.15, 0.2) is 0 Å². The van der Waals surface area contributed by atoms with Crippen LogP contribution in [0.5, 0.6) is 0 Å². The summed E-state index contributed by atoms with van der Waals surface area (Å²) in [5.74, 6) is 0.556. The summed E-state index contributed by atoms with van der Waals surface area (Å²) in [7, 11) is 0. The maximum Gasteiger partial charge on any atom is 0.0639 e. The molecule has 0 aromatic carbocycles. The van der Waals surface area contributed by atoms with Gasteiger partial charge in [-0.05, 0) is 24.2 Å². The minimum absolute atomic E-state index is 0.0178. The zero-order valence-electron chi connectivity index (χ0n) is 9.38. The van der Waals surface area contributed by atoms with Gasteiger partial charge in [0, 0.05) is 5.41 Å². The van der Waals surface area contributed by atoms with Crippen LogP contribution in [0.25, 0.3) is 0 Å². The van der Waals surface area contributed by atoms with E-state index in [1.807, 2.05) is 6.08 Å². The van der Waals surface area contributed by atoms with Crippen LogP contribution in [0.2, 0.25) is 0 Å². The van der Waals surface area contributed by atoms with Crippen LogP contribution in [-0.2, 0) is 0 Å². The third-order valence-corrected chi connectivity index (χ3v) is 4.72. The molecule has 2 aliphatic carbocycles.